The van der Waals surface area contributed by atoms with Gasteiger partial charge in [-0.1, -0.05) is 78.9 Å². The third-order valence-corrected chi connectivity index (χ3v) is 6.46. The Kier molecular flexibility index (Phi) is 6.14. The monoisotopic (exact) mass is 481 g/mol. The molecule has 1 aliphatic heterocycles. The zero-order valence-corrected chi connectivity index (χ0v) is 20.7. The van der Waals surface area contributed by atoms with Gasteiger partial charge >= 0.3 is 0 Å². The maximum Gasteiger partial charge on any atom is 0.129 e. The van der Waals surface area contributed by atoms with Gasteiger partial charge in [0.2, 0.25) is 0 Å². The van der Waals surface area contributed by atoms with Gasteiger partial charge in [0.25, 0.3) is 0 Å². The number of benzene rings is 4. The minimum atomic E-state index is 0.777. The first-order valence-electron chi connectivity index (χ1n) is 12.4. The largest absolute Gasteiger partial charge is 0.457 e. The maximum absolute atomic E-state index is 6.28. The predicted molar refractivity (Wildman–Crippen MR) is 151 cm³/mol. The van der Waals surface area contributed by atoms with Crippen molar-refractivity contribution in [1.82, 2.24) is 9.88 Å². The molecule has 4 heteroatoms. The Morgan fingerprint density at radius 2 is 1.27 bits per heavy atom. The van der Waals surface area contributed by atoms with Crippen LogP contribution in [0, 0.1) is 0 Å². The molecule has 2 heterocycles. The molecule has 5 aromatic rings. The van der Waals surface area contributed by atoms with Gasteiger partial charge in [-0.2, -0.15) is 0 Å². The second-order valence-corrected chi connectivity index (χ2v) is 9.14. The Morgan fingerprint density at radius 3 is 1.97 bits per heavy atom. The van der Waals surface area contributed by atoms with Crippen molar-refractivity contribution in [2.24, 2.45) is 0 Å². The quantitative estimate of drug-likeness (QED) is 0.245. The van der Waals surface area contributed by atoms with E-state index in [1.807, 2.05) is 42.6 Å². The first-order valence-corrected chi connectivity index (χ1v) is 12.4. The van der Waals surface area contributed by atoms with Crippen molar-refractivity contribution >= 4 is 5.69 Å². The smallest absolute Gasteiger partial charge is 0.129 e. The van der Waals surface area contributed by atoms with Crippen LogP contribution in [0.15, 0.2) is 134 Å². The summed E-state index contributed by atoms with van der Waals surface area (Å²) in [5.41, 5.74) is 7.59. The molecule has 37 heavy (non-hydrogen) atoms. The lowest BCUT2D eigenvalue weighted by Gasteiger charge is -2.19. The van der Waals surface area contributed by atoms with Crippen LogP contribution in [0.3, 0.4) is 0 Å². The van der Waals surface area contributed by atoms with E-state index in [1.165, 1.54) is 0 Å². The Bertz CT molecular complexity index is 1550. The summed E-state index contributed by atoms with van der Waals surface area (Å²) < 4.78 is 6.28. The molecule has 0 bridgehead atoms. The number of pyridine rings is 1. The summed E-state index contributed by atoms with van der Waals surface area (Å²) >= 11 is 0. The Labute approximate surface area is 217 Å². The second kappa shape index (κ2) is 10.0. The number of ether oxygens (including phenoxy) is 1. The lowest BCUT2D eigenvalue weighted by molar-refractivity contribution is 0.481. The molecule has 0 spiro atoms. The average molecular weight is 482 g/mol. The first kappa shape index (κ1) is 22.6. The van der Waals surface area contributed by atoms with Gasteiger partial charge in [-0.05, 0) is 47.0 Å². The second-order valence-electron chi connectivity index (χ2n) is 9.14. The van der Waals surface area contributed by atoms with Crippen LogP contribution in [-0.4, -0.2) is 23.6 Å². The van der Waals surface area contributed by atoms with Crippen molar-refractivity contribution in [1.29, 1.82) is 0 Å². The van der Waals surface area contributed by atoms with Crippen LogP contribution in [0.25, 0.3) is 33.5 Å². The van der Waals surface area contributed by atoms with Gasteiger partial charge in [-0.3, -0.25) is 4.98 Å². The molecule has 0 radical (unpaired) electrons. The van der Waals surface area contributed by atoms with Crippen LogP contribution < -0.4 is 9.64 Å². The zero-order chi connectivity index (χ0) is 25.0. The molecule has 1 aromatic heterocycles. The predicted octanol–water partition coefficient (Wildman–Crippen LogP) is 8.06. The van der Waals surface area contributed by atoms with Gasteiger partial charge < -0.3 is 14.5 Å². The number of anilines is 1. The van der Waals surface area contributed by atoms with Crippen molar-refractivity contribution in [3.05, 3.63) is 134 Å². The normalized spacial score (nSPS) is 12.7. The molecule has 0 saturated carbocycles. The van der Waals surface area contributed by atoms with E-state index in [-0.39, 0.29) is 0 Å². The van der Waals surface area contributed by atoms with Crippen LogP contribution in [0.1, 0.15) is 0 Å². The summed E-state index contributed by atoms with van der Waals surface area (Å²) in [6.07, 6.45) is 6.12. The van der Waals surface area contributed by atoms with E-state index in [9.17, 15) is 0 Å². The third kappa shape index (κ3) is 4.95. The number of aromatic nitrogens is 1. The molecule has 0 saturated heterocycles. The van der Waals surface area contributed by atoms with E-state index in [4.69, 9.17) is 9.72 Å². The van der Waals surface area contributed by atoms with Gasteiger partial charge in [0.15, 0.2) is 0 Å². The van der Waals surface area contributed by atoms with Crippen LogP contribution in [0.2, 0.25) is 0 Å². The van der Waals surface area contributed by atoms with Gasteiger partial charge in [0.05, 0.1) is 12.4 Å². The van der Waals surface area contributed by atoms with Crippen LogP contribution in [0.4, 0.5) is 5.69 Å². The molecule has 0 aliphatic carbocycles. The highest BCUT2D eigenvalue weighted by molar-refractivity contribution is 5.85. The summed E-state index contributed by atoms with van der Waals surface area (Å²) in [6.45, 7) is 0.827. The molecule has 0 unspecified atom stereocenters. The summed E-state index contributed by atoms with van der Waals surface area (Å²) in [6, 6.07) is 39.4. The Morgan fingerprint density at radius 1 is 0.622 bits per heavy atom. The van der Waals surface area contributed by atoms with E-state index in [2.05, 4.69) is 108 Å². The number of hydrogen-bond donors (Lipinski definition) is 0. The molecule has 0 fully saturated rings. The van der Waals surface area contributed by atoms with E-state index in [0.29, 0.717) is 0 Å². The van der Waals surface area contributed by atoms with Crippen LogP contribution >= 0.6 is 0 Å². The fraction of sp³-hybridized carbons (Fsp3) is 0.0606. The van der Waals surface area contributed by atoms with Crippen LogP contribution in [0.5, 0.6) is 11.5 Å². The molecule has 4 aromatic carbocycles. The lowest BCUT2D eigenvalue weighted by Crippen LogP contribution is -2.21. The van der Waals surface area contributed by atoms with E-state index in [1.54, 1.807) is 0 Å². The fourth-order valence-corrected chi connectivity index (χ4v) is 4.59. The van der Waals surface area contributed by atoms with E-state index in [0.717, 1.165) is 57.4 Å². The highest BCUT2D eigenvalue weighted by Gasteiger charge is 2.13. The van der Waals surface area contributed by atoms with Gasteiger partial charge in [-0.15, -0.1) is 0 Å². The Hall–Kier alpha value is -4.83. The molecular weight excluding hydrogens is 454 g/mol. The van der Waals surface area contributed by atoms with Crippen molar-refractivity contribution in [3.63, 3.8) is 0 Å². The molecule has 1 aliphatic rings. The topological polar surface area (TPSA) is 28.6 Å². The van der Waals surface area contributed by atoms with Gasteiger partial charge in [-0.25, -0.2) is 0 Å². The highest BCUT2D eigenvalue weighted by Crippen LogP contribution is 2.35. The van der Waals surface area contributed by atoms with E-state index < -0.39 is 0 Å². The minimum absolute atomic E-state index is 0.777. The van der Waals surface area contributed by atoms with Crippen molar-refractivity contribution in [2.75, 3.05) is 18.6 Å². The molecule has 0 atom stereocenters. The molecule has 6 rings (SSSR count). The SMILES string of the molecule is CN1C=CN(c2cccc(Oc3cccc(-c4cc(-c5ccccc5)c(-c5ccccc5)cn4)c3)c2)C1. The molecular formula is C33H27N3O. The zero-order valence-electron chi connectivity index (χ0n) is 20.7. The number of nitrogens with zero attached hydrogens (tertiary/aromatic N) is 3. The minimum Gasteiger partial charge on any atom is -0.457 e. The van der Waals surface area contributed by atoms with Gasteiger partial charge in [0.1, 0.15) is 11.5 Å². The Balaban J connectivity index is 1.32. The standard InChI is InChI=1S/C33H27N3O/c1-35-18-19-36(24-35)28-15-9-17-30(21-28)37-29-16-8-14-27(20-29)33-22-31(25-10-4-2-5-11-25)32(23-34-33)26-12-6-3-7-13-26/h2-23H,24H2,1H3. The maximum atomic E-state index is 6.28. The van der Waals surface area contributed by atoms with Crippen LogP contribution in [-0.2, 0) is 0 Å². The molecule has 0 amide bonds. The fourth-order valence-electron chi connectivity index (χ4n) is 4.59. The van der Waals surface area contributed by atoms with Crippen molar-refractivity contribution < 1.29 is 4.74 Å². The summed E-state index contributed by atoms with van der Waals surface area (Å²) in [4.78, 5) is 9.18. The molecule has 4 nitrogen and oxygen atoms in total. The molecule has 0 N–H and O–H groups in total. The summed E-state index contributed by atoms with van der Waals surface area (Å²) in [5.74, 6) is 1.58. The van der Waals surface area contributed by atoms with E-state index >= 15 is 0 Å². The average Bonchev–Trinajstić information content (AvgIpc) is 3.40. The van der Waals surface area contributed by atoms with Crippen molar-refractivity contribution in [3.8, 4) is 45.0 Å². The first-order chi connectivity index (χ1) is 18.2. The number of rotatable bonds is 6. The summed E-state index contributed by atoms with van der Waals surface area (Å²) in [5, 5.41) is 0. The summed E-state index contributed by atoms with van der Waals surface area (Å²) in [7, 11) is 2.06. The number of hydrogen-bond acceptors (Lipinski definition) is 4. The van der Waals surface area contributed by atoms with Gasteiger partial charge in [0, 0.05) is 48.5 Å². The van der Waals surface area contributed by atoms with Crippen molar-refractivity contribution in [2.45, 2.75) is 0 Å². The third-order valence-electron chi connectivity index (χ3n) is 6.46. The molecule has 180 valence electrons. The lowest BCUT2D eigenvalue weighted by atomic mass is 9.94. The highest BCUT2D eigenvalue weighted by atomic mass is 16.5.